The maximum atomic E-state index is 13.4. The Bertz CT molecular complexity index is 1450. The normalized spacial score (nSPS) is 20.3. The highest BCUT2D eigenvalue weighted by atomic mass is 35.5. The maximum Gasteiger partial charge on any atom is 0.333 e. The molecule has 0 radical (unpaired) electrons. The SMILES string of the molecule is CNS(=O)(=O)N[C@H]1CC2=C(c3cnn(C(F)F)c3)[C@H](c3ccc(C)cc3Cl)N=C(c3nccs3)N2C1. The van der Waals surface area contributed by atoms with Gasteiger partial charge in [-0.15, -0.1) is 11.3 Å². The maximum absolute atomic E-state index is 13.4. The van der Waals surface area contributed by atoms with E-state index in [1.807, 2.05) is 35.4 Å². The summed E-state index contributed by atoms with van der Waals surface area (Å²) in [6, 6.07) is 4.48. The third-order valence-corrected chi connectivity index (χ3v) is 8.31. The van der Waals surface area contributed by atoms with E-state index in [2.05, 4.69) is 19.5 Å². The standard InChI is InChI=1S/C22H22ClF2N7O2S2/c1-12-3-4-15(16(23)7-12)19-18(13-9-28-32(10-13)22(24)25)17-8-14(30-36(33,34)26-2)11-31(17)20(29-19)21-27-5-6-35-21/h3-7,9-10,14,19,22,26,30H,8,11H2,1-2H3/t14-,19-/m0/s1. The molecular formula is C22H22ClF2N7O2S2. The molecule has 0 aliphatic carbocycles. The Morgan fingerprint density at radius 3 is 2.75 bits per heavy atom. The topological polar surface area (TPSA) is 105 Å². The van der Waals surface area contributed by atoms with Crippen LogP contribution in [-0.4, -0.2) is 53.6 Å². The number of alkyl halides is 2. The summed E-state index contributed by atoms with van der Waals surface area (Å²) in [5.74, 6) is 0.567. The molecule has 36 heavy (non-hydrogen) atoms. The first-order valence-corrected chi connectivity index (χ1v) is 13.7. The Morgan fingerprint density at radius 1 is 1.31 bits per heavy atom. The Morgan fingerprint density at radius 2 is 2.11 bits per heavy atom. The lowest BCUT2D eigenvalue weighted by molar-refractivity contribution is 0.0566. The van der Waals surface area contributed by atoms with Gasteiger partial charge in [-0.2, -0.15) is 27.0 Å². The number of hydrogen-bond donors (Lipinski definition) is 2. The number of halogens is 3. The van der Waals surface area contributed by atoms with Crippen molar-refractivity contribution in [1.82, 2.24) is 29.1 Å². The lowest BCUT2D eigenvalue weighted by Gasteiger charge is -2.32. The fourth-order valence-corrected chi connectivity index (χ4v) is 6.17. The van der Waals surface area contributed by atoms with Gasteiger partial charge in [-0.3, -0.25) is 4.99 Å². The van der Waals surface area contributed by atoms with E-state index in [1.54, 1.807) is 6.20 Å². The molecule has 2 aliphatic heterocycles. The second kappa shape index (κ2) is 9.63. The van der Waals surface area contributed by atoms with Gasteiger partial charge in [-0.25, -0.2) is 14.4 Å². The van der Waals surface area contributed by atoms with Crippen molar-refractivity contribution in [2.24, 2.45) is 4.99 Å². The van der Waals surface area contributed by atoms with E-state index in [4.69, 9.17) is 16.6 Å². The van der Waals surface area contributed by atoms with Crippen LogP contribution in [0.1, 0.15) is 40.7 Å². The van der Waals surface area contributed by atoms with Crippen LogP contribution < -0.4 is 9.44 Å². The van der Waals surface area contributed by atoms with Crippen molar-refractivity contribution >= 4 is 44.6 Å². The third-order valence-electron chi connectivity index (χ3n) is 6.04. The van der Waals surface area contributed by atoms with Crippen molar-refractivity contribution in [3.05, 3.63) is 74.6 Å². The number of nitrogens with zero attached hydrogens (tertiary/aromatic N) is 5. The minimum atomic E-state index is -3.72. The van der Waals surface area contributed by atoms with Crippen molar-refractivity contribution in [1.29, 1.82) is 0 Å². The fraction of sp³-hybridized carbons (Fsp3) is 0.318. The fourth-order valence-electron chi connectivity index (χ4n) is 4.47. The smallest absolute Gasteiger partial charge is 0.326 e. The van der Waals surface area contributed by atoms with Gasteiger partial charge in [0.1, 0.15) is 6.04 Å². The zero-order valence-electron chi connectivity index (χ0n) is 19.2. The van der Waals surface area contributed by atoms with Gasteiger partial charge in [0, 0.05) is 65.7 Å². The number of aryl methyl sites for hydroxylation is 1. The summed E-state index contributed by atoms with van der Waals surface area (Å²) in [4.78, 5) is 11.3. The summed E-state index contributed by atoms with van der Waals surface area (Å²) >= 11 is 8.06. The van der Waals surface area contributed by atoms with Crippen molar-refractivity contribution in [2.75, 3.05) is 13.6 Å². The number of rotatable bonds is 7. The summed E-state index contributed by atoms with van der Waals surface area (Å²) in [6.45, 7) is -0.599. The Hall–Kier alpha value is -2.71. The number of amidine groups is 1. The zero-order chi connectivity index (χ0) is 25.6. The number of nitrogens with one attached hydrogen (secondary N) is 2. The highest BCUT2D eigenvalue weighted by molar-refractivity contribution is 7.87. The number of aliphatic imine (C=N–C) groups is 1. The average molecular weight is 554 g/mol. The first-order valence-electron chi connectivity index (χ1n) is 10.9. The summed E-state index contributed by atoms with van der Waals surface area (Å²) in [6.07, 6.45) is 4.62. The molecule has 5 rings (SSSR count). The molecule has 1 saturated heterocycles. The van der Waals surface area contributed by atoms with Gasteiger partial charge < -0.3 is 4.90 Å². The number of benzene rings is 1. The molecule has 2 atom stereocenters. The molecule has 0 bridgehead atoms. The molecule has 0 spiro atoms. The molecule has 2 aliphatic rings. The van der Waals surface area contributed by atoms with Gasteiger partial charge in [0.25, 0.3) is 10.2 Å². The van der Waals surface area contributed by atoms with Gasteiger partial charge in [0.15, 0.2) is 10.8 Å². The lowest BCUT2D eigenvalue weighted by atomic mass is 9.90. The van der Waals surface area contributed by atoms with Gasteiger partial charge in [-0.1, -0.05) is 23.7 Å². The molecule has 0 amide bonds. The molecule has 4 heterocycles. The third kappa shape index (κ3) is 4.68. The second-order valence-corrected chi connectivity index (χ2v) is 11.4. The van der Waals surface area contributed by atoms with Gasteiger partial charge in [-0.05, 0) is 24.1 Å². The van der Waals surface area contributed by atoms with E-state index in [-0.39, 0.29) is 6.54 Å². The lowest BCUT2D eigenvalue weighted by Crippen LogP contribution is -2.43. The van der Waals surface area contributed by atoms with E-state index in [9.17, 15) is 17.2 Å². The average Bonchev–Trinajstić information content (AvgIpc) is 3.58. The Balaban J connectivity index is 1.71. The first kappa shape index (κ1) is 25.0. The monoisotopic (exact) mass is 553 g/mol. The zero-order valence-corrected chi connectivity index (χ0v) is 21.6. The molecule has 2 N–H and O–H groups in total. The molecule has 0 unspecified atom stereocenters. The van der Waals surface area contributed by atoms with E-state index < -0.39 is 28.8 Å². The number of fused-ring (bicyclic) bond motifs is 1. The van der Waals surface area contributed by atoms with Crippen LogP contribution in [0.4, 0.5) is 8.78 Å². The van der Waals surface area contributed by atoms with Crippen LogP contribution in [0.25, 0.3) is 5.57 Å². The highest BCUT2D eigenvalue weighted by Crippen LogP contribution is 2.46. The number of thiazole rings is 1. The van der Waals surface area contributed by atoms with Crippen molar-refractivity contribution in [2.45, 2.75) is 32.0 Å². The predicted molar refractivity (Wildman–Crippen MR) is 134 cm³/mol. The van der Waals surface area contributed by atoms with Crippen molar-refractivity contribution in [3.8, 4) is 0 Å². The molecule has 1 fully saturated rings. The van der Waals surface area contributed by atoms with E-state index >= 15 is 0 Å². The second-order valence-electron chi connectivity index (χ2n) is 8.40. The van der Waals surface area contributed by atoms with Crippen LogP contribution in [0, 0.1) is 6.92 Å². The Kier molecular flexibility index (Phi) is 6.68. The van der Waals surface area contributed by atoms with Crippen molar-refractivity contribution in [3.63, 3.8) is 0 Å². The van der Waals surface area contributed by atoms with Crippen LogP contribution >= 0.6 is 22.9 Å². The van der Waals surface area contributed by atoms with Crippen molar-refractivity contribution < 1.29 is 17.2 Å². The molecule has 190 valence electrons. The van der Waals surface area contributed by atoms with Gasteiger partial charge in [0.05, 0.1) is 6.20 Å². The van der Waals surface area contributed by atoms with Gasteiger partial charge in [0.2, 0.25) is 0 Å². The van der Waals surface area contributed by atoms with Crippen LogP contribution in [0.5, 0.6) is 0 Å². The minimum Gasteiger partial charge on any atom is -0.326 e. The molecule has 1 aromatic carbocycles. The molecule has 0 saturated carbocycles. The summed E-state index contributed by atoms with van der Waals surface area (Å²) in [5.41, 5.74) is 3.50. The molecule has 14 heteroatoms. The predicted octanol–water partition coefficient (Wildman–Crippen LogP) is 3.74. The largest absolute Gasteiger partial charge is 0.333 e. The minimum absolute atomic E-state index is 0.287. The Labute approximate surface area is 215 Å². The highest BCUT2D eigenvalue weighted by Gasteiger charge is 2.41. The van der Waals surface area contributed by atoms with Crippen LogP contribution in [0.2, 0.25) is 5.02 Å². The summed E-state index contributed by atoms with van der Waals surface area (Å²) < 4.78 is 56.8. The molecular weight excluding hydrogens is 532 g/mol. The quantitative estimate of drug-likeness (QED) is 0.464. The number of hydrogen-bond acceptors (Lipinski definition) is 7. The molecule has 2 aromatic heterocycles. The molecule has 3 aromatic rings. The van der Waals surface area contributed by atoms with E-state index in [0.717, 1.165) is 11.3 Å². The van der Waals surface area contributed by atoms with E-state index in [0.29, 0.717) is 43.7 Å². The van der Waals surface area contributed by atoms with Crippen LogP contribution in [0.3, 0.4) is 0 Å². The van der Waals surface area contributed by atoms with Crippen LogP contribution in [-0.2, 0) is 10.2 Å². The number of aromatic nitrogens is 3. The van der Waals surface area contributed by atoms with Gasteiger partial charge >= 0.3 is 6.55 Å². The summed E-state index contributed by atoms with van der Waals surface area (Å²) in [5, 5.41) is 6.80. The molecule has 9 nitrogen and oxygen atoms in total. The van der Waals surface area contributed by atoms with Crippen LogP contribution in [0.15, 0.2) is 52.9 Å². The van der Waals surface area contributed by atoms with E-state index in [1.165, 1.54) is 30.8 Å². The first-order chi connectivity index (χ1) is 17.2. The summed E-state index contributed by atoms with van der Waals surface area (Å²) in [7, 11) is -2.40.